The second-order valence-corrected chi connectivity index (χ2v) is 6.75. The fourth-order valence-corrected chi connectivity index (χ4v) is 3.85. The molecule has 0 bridgehead atoms. The Hall–Kier alpha value is -1.88. The van der Waals surface area contributed by atoms with Crippen molar-refractivity contribution in [2.45, 2.75) is 58.5 Å². The van der Waals surface area contributed by atoms with Gasteiger partial charge in [0.15, 0.2) is 0 Å². The number of nitrogens with one attached hydrogen (secondary N) is 1. The van der Waals surface area contributed by atoms with Crippen molar-refractivity contribution in [2.75, 3.05) is 0 Å². The number of nitrogens with zero attached hydrogens (tertiary/aromatic N) is 1. The summed E-state index contributed by atoms with van der Waals surface area (Å²) >= 11 is 0. The van der Waals surface area contributed by atoms with Crippen LogP contribution < -0.4 is 5.48 Å². The van der Waals surface area contributed by atoms with E-state index in [-0.39, 0.29) is 11.8 Å². The summed E-state index contributed by atoms with van der Waals surface area (Å²) in [6, 6.07) is 3.55. The van der Waals surface area contributed by atoms with Crippen molar-refractivity contribution in [3.05, 3.63) is 34.4 Å². The smallest absolute Gasteiger partial charge is 0.274 e. The standard InChI is InChI=1S/C18H24N2O3/c1-12-8-14(17(21)19-23)9-15-10-20(11-16(12)15)18(22)13-6-4-2-3-5-7-13/h8-9,13,23H,2-7,10-11H2,1H3,(H,19,21). The zero-order valence-electron chi connectivity index (χ0n) is 13.6. The molecule has 23 heavy (non-hydrogen) atoms. The van der Waals surface area contributed by atoms with Gasteiger partial charge in [-0.25, -0.2) is 5.48 Å². The van der Waals surface area contributed by atoms with E-state index in [1.165, 1.54) is 12.8 Å². The summed E-state index contributed by atoms with van der Waals surface area (Å²) in [5, 5.41) is 8.80. The molecule has 0 atom stereocenters. The maximum Gasteiger partial charge on any atom is 0.274 e. The van der Waals surface area contributed by atoms with Crippen LogP contribution in [-0.4, -0.2) is 21.9 Å². The van der Waals surface area contributed by atoms with Crippen LogP contribution in [0.3, 0.4) is 0 Å². The number of hydroxylamine groups is 1. The summed E-state index contributed by atoms with van der Waals surface area (Å²) in [7, 11) is 0. The molecule has 0 radical (unpaired) electrons. The molecule has 0 spiro atoms. The maximum atomic E-state index is 12.8. The highest BCUT2D eigenvalue weighted by Crippen LogP contribution is 2.31. The number of fused-ring (bicyclic) bond motifs is 1. The molecule has 1 saturated carbocycles. The van der Waals surface area contributed by atoms with Crippen LogP contribution in [-0.2, 0) is 17.9 Å². The predicted molar refractivity (Wildman–Crippen MR) is 85.9 cm³/mol. The number of carbonyl (C=O) groups is 2. The molecule has 1 aromatic rings. The number of benzene rings is 1. The third kappa shape index (κ3) is 3.24. The van der Waals surface area contributed by atoms with Crippen LogP contribution in [0.15, 0.2) is 12.1 Å². The Morgan fingerprint density at radius 3 is 2.48 bits per heavy atom. The second-order valence-electron chi connectivity index (χ2n) is 6.75. The highest BCUT2D eigenvalue weighted by molar-refractivity contribution is 5.94. The van der Waals surface area contributed by atoms with Gasteiger partial charge in [0.25, 0.3) is 5.91 Å². The molecule has 2 N–H and O–H groups in total. The third-order valence-electron chi connectivity index (χ3n) is 5.16. The average Bonchev–Trinajstić information content (AvgIpc) is 2.80. The lowest BCUT2D eigenvalue weighted by Gasteiger charge is -2.22. The van der Waals surface area contributed by atoms with Crippen LogP contribution in [0.2, 0.25) is 0 Å². The Bertz CT molecular complexity index is 619. The van der Waals surface area contributed by atoms with Crippen molar-refractivity contribution in [1.82, 2.24) is 10.4 Å². The lowest BCUT2D eigenvalue weighted by atomic mass is 9.99. The second kappa shape index (κ2) is 6.71. The number of rotatable bonds is 2. The third-order valence-corrected chi connectivity index (χ3v) is 5.16. The van der Waals surface area contributed by atoms with E-state index in [0.29, 0.717) is 18.7 Å². The highest BCUT2D eigenvalue weighted by atomic mass is 16.5. The van der Waals surface area contributed by atoms with Crippen LogP contribution in [0, 0.1) is 12.8 Å². The quantitative estimate of drug-likeness (QED) is 0.501. The first-order chi connectivity index (χ1) is 11.1. The summed E-state index contributed by atoms with van der Waals surface area (Å²) in [6.07, 6.45) is 6.78. The topological polar surface area (TPSA) is 69.6 Å². The largest absolute Gasteiger partial charge is 0.334 e. The van der Waals surface area contributed by atoms with Crippen LogP contribution >= 0.6 is 0 Å². The van der Waals surface area contributed by atoms with E-state index in [2.05, 4.69) is 0 Å². The summed E-state index contributed by atoms with van der Waals surface area (Å²) < 4.78 is 0. The molecule has 1 heterocycles. The molecule has 1 aromatic carbocycles. The van der Waals surface area contributed by atoms with Crippen LogP contribution in [0.25, 0.3) is 0 Å². The summed E-state index contributed by atoms with van der Waals surface area (Å²) in [5.74, 6) is -0.0903. The minimum absolute atomic E-state index is 0.160. The van der Waals surface area contributed by atoms with Gasteiger partial charge >= 0.3 is 0 Å². The zero-order chi connectivity index (χ0) is 16.4. The lowest BCUT2D eigenvalue weighted by Crippen LogP contribution is -2.31. The van der Waals surface area contributed by atoms with E-state index in [0.717, 1.165) is 42.4 Å². The Labute approximate surface area is 136 Å². The molecule has 1 aliphatic heterocycles. The van der Waals surface area contributed by atoms with Gasteiger partial charge in [0.05, 0.1) is 0 Å². The number of carbonyl (C=O) groups excluding carboxylic acids is 2. The monoisotopic (exact) mass is 316 g/mol. The Kier molecular flexibility index (Phi) is 4.66. The summed E-state index contributed by atoms with van der Waals surface area (Å²) in [6.45, 7) is 3.15. The Balaban J connectivity index is 1.77. The van der Waals surface area contributed by atoms with Gasteiger partial charge in [-0.15, -0.1) is 0 Å². The highest BCUT2D eigenvalue weighted by Gasteiger charge is 2.30. The minimum Gasteiger partial charge on any atom is -0.334 e. The molecular formula is C18H24N2O3. The fraction of sp³-hybridized carbons (Fsp3) is 0.556. The summed E-state index contributed by atoms with van der Waals surface area (Å²) in [4.78, 5) is 26.4. The van der Waals surface area contributed by atoms with E-state index in [1.54, 1.807) is 17.6 Å². The van der Waals surface area contributed by atoms with Crippen LogP contribution in [0.5, 0.6) is 0 Å². The van der Waals surface area contributed by atoms with Crippen LogP contribution in [0.1, 0.15) is 65.6 Å². The normalized spacial score (nSPS) is 18.4. The van der Waals surface area contributed by atoms with E-state index >= 15 is 0 Å². The minimum atomic E-state index is -0.510. The number of hydrogen-bond donors (Lipinski definition) is 2. The van der Waals surface area contributed by atoms with Crippen molar-refractivity contribution in [3.8, 4) is 0 Å². The molecule has 5 nitrogen and oxygen atoms in total. The van der Waals surface area contributed by atoms with E-state index in [9.17, 15) is 9.59 Å². The Morgan fingerprint density at radius 2 is 1.83 bits per heavy atom. The molecule has 1 fully saturated rings. The molecule has 0 unspecified atom stereocenters. The first-order valence-corrected chi connectivity index (χ1v) is 8.45. The molecule has 0 aromatic heterocycles. The van der Waals surface area contributed by atoms with Gasteiger partial charge in [-0.3, -0.25) is 14.8 Å². The zero-order valence-corrected chi connectivity index (χ0v) is 13.6. The van der Waals surface area contributed by atoms with E-state index in [1.807, 2.05) is 11.8 Å². The predicted octanol–water partition coefficient (Wildman–Crippen LogP) is 2.93. The van der Waals surface area contributed by atoms with E-state index < -0.39 is 5.91 Å². The number of amides is 2. The SMILES string of the molecule is Cc1cc(C(=O)NO)cc2c1CN(C(=O)C1CCCCCC1)C2. The average molecular weight is 316 g/mol. The van der Waals surface area contributed by atoms with Gasteiger partial charge in [-0.05, 0) is 48.6 Å². The molecule has 3 rings (SSSR count). The lowest BCUT2D eigenvalue weighted by molar-refractivity contribution is -0.136. The van der Waals surface area contributed by atoms with Gasteiger partial charge in [0.1, 0.15) is 0 Å². The molecule has 2 amide bonds. The van der Waals surface area contributed by atoms with Gasteiger partial charge in [-0.2, -0.15) is 0 Å². The van der Waals surface area contributed by atoms with Crippen molar-refractivity contribution in [2.24, 2.45) is 5.92 Å². The molecule has 5 heteroatoms. The molecular weight excluding hydrogens is 292 g/mol. The van der Waals surface area contributed by atoms with Crippen molar-refractivity contribution in [3.63, 3.8) is 0 Å². The van der Waals surface area contributed by atoms with Gasteiger partial charge < -0.3 is 4.90 Å². The van der Waals surface area contributed by atoms with Gasteiger partial charge in [-0.1, -0.05) is 25.7 Å². The van der Waals surface area contributed by atoms with Gasteiger partial charge in [0.2, 0.25) is 5.91 Å². The first kappa shape index (κ1) is 16.0. The molecule has 2 aliphatic rings. The van der Waals surface area contributed by atoms with Crippen LogP contribution in [0.4, 0.5) is 0 Å². The van der Waals surface area contributed by atoms with Gasteiger partial charge in [0, 0.05) is 24.6 Å². The first-order valence-electron chi connectivity index (χ1n) is 8.45. The Morgan fingerprint density at radius 1 is 1.13 bits per heavy atom. The molecule has 124 valence electrons. The molecule has 0 saturated heterocycles. The number of hydrogen-bond acceptors (Lipinski definition) is 3. The maximum absolute atomic E-state index is 12.8. The number of aryl methyl sites for hydroxylation is 1. The van der Waals surface area contributed by atoms with Crippen molar-refractivity contribution >= 4 is 11.8 Å². The van der Waals surface area contributed by atoms with Crippen molar-refractivity contribution in [1.29, 1.82) is 0 Å². The molecule has 1 aliphatic carbocycles. The van der Waals surface area contributed by atoms with Crippen molar-refractivity contribution < 1.29 is 14.8 Å². The fourth-order valence-electron chi connectivity index (χ4n) is 3.85. The summed E-state index contributed by atoms with van der Waals surface area (Å²) in [5.41, 5.74) is 5.27. The van der Waals surface area contributed by atoms with E-state index in [4.69, 9.17) is 5.21 Å².